The Balaban J connectivity index is 2.02. The van der Waals surface area contributed by atoms with Crippen LogP contribution in [0.15, 0.2) is 0 Å². The average molecular weight is 274 g/mol. The first-order valence-electron chi connectivity index (χ1n) is 9.44. The zero-order chi connectivity index (χ0) is 14.4. The molecule has 4 atom stereocenters. The minimum atomic E-state index is 0.131. The van der Waals surface area contributed by atoms with Crippen LogP contribution in [0.5, 0.6) is 0 Å². The van der Waals surface area contributed by atoms with Gasteiger partial charge in [-0.1, -0.05) is 103 Å². The quantitative estimate of drug-likeness (QED) is 0.518. The Hall–Kier alpha value is 0.0649. The van der Waals surface area contributed by atoms with E-state index in [9.17, 15) is 0 Å². The minimum Gasteiger partial charge on any atom is -0.0651 e. The van der Waals surface area contributed by atoms with Gasteiger partial charge >= 0.3 is 0 Å². The molecule has 2 aliphatic rings. The largest absolute Gasteiger partial charge is 0.0749 e. The monoisotopic (exact) mass is 274 g/mol. The van der Waals surface area contributed by atoms with Crippen molar-refractivity contribution < 1.29 is 0 Å². The molecule has 2 radical (unpaired) electrons. The van der Waals surface area contributed by atoms with Gasteiger partial charge < -0.3 is 0 Å². The van der Waals surface area contributed by atoms with Crippen molar-refractivity contribution >= 4 is 7.85 Å². The van der Waals surface area contributed by atoms with Gasteiger partial charge in [0.1, 0.15) is 0 Å². The summed E-state index contributed by atoms with van der Waals surface area (Å²) < 4.78 is 0. The van der Waals surface area contributed by atoms with Gasteiger partial charge in [-0.2, -0.15) is 0 Å². The fourth-order valence-corrected chi connectivity index (χ4v) is 4.74. The molecule has 0 bridgehead atoms. The van der Waals surface area contributed by atoms with Gasteiger partial charge in [0.15, 0.2) is 0 Å². The molecule has 0 aromatic rings. The van der Waals surface area contributed by atoms with E-state index in [-0.39, 0.29) is 5.31 Å². The Morgan fingerprint density at radius 1 is 0.850 bits per heavy atom. The molecule has 20 heavy (non-hydrogen) atoms. The SMILES string of the molecule is [B]C1(C(C)CC)CCCCC2CCCCCCC2CC1. The minimum absolute atomic E-state index is 0.131. The van der Waals surface area contributed by atoms with Crippen molar-refractivity contribution in [1.29, 1.82) is 0 Å². The van der Waals surface area contributed by atoms with Crippen LogP contribution < -0.4 is 0 Å². The van der Waals surface area contributed by atoms with E-state index in [2.05, 4.69) is 13.8 Å². The Labute approximate surface area is 128 Å². The summed E-state index contributed by atoms with van der Waals surface area (Å²) in [4.78, 5) is 0. The van der Waals surface area contributed by atoms with Gasteiger partial charge in [0.2, 0.25) is 0 Å². The van der Waals surface area contributed by atoms with Gasteiger partial charge in [0, 0.05) is 0 Å². The van der Waals surface area contributed by atoms with Crippen molar-refractivity contribution in [2.75, 3.05) is 0 Å². The number of hydrogen-bond donors (Lipinski definition) is 0. The molecule has 2 rings (SSSR count). The lowest BCUT2D eigenvalue weighted by Gasteiger charge is -2.38. The topological polar surface area (TPSA) is 0 Å². The van der Waals surface area contributed by atoms with Crippen LogP contribution >= 0.6 is 0 Å². The summed E-state index contributed by atoms with van der Waals surface area (Å²) in [5, 5.41) is 0.131. The van der Waals surface area contributed by atoms with Crippen LogP contribution in [-0.4, -0.2) is 7.85 Å². The summed E-state index contributed by atoms with van der Waals surface area (Å²) in [5.74, 6) is 2.70. The highest BCUT2D eigenvalue weighted by atomic mass is 14.4. The molecular formula is C19H35B. The van der Waals surface area contributed by atoms with Crippen molar-refractivity contribution in [2.24, 2.45) is 17.8 Å². The lowest BCUT2D eigenvalue weighted by Crippen LogP contribution is -2.23. The second-order valence-corrected chi connectivity index (χ2v) is 7.84. The standard InChI is InChI=1S/C19H35B/c1-3-16(2)19(20)14-9-8-12-17-10-6-4-5-7-11-18(17)13-15-19/h16-18H,3-15H2,1-2H3. The van der Waals surface area contributed by atoms with E-state index in [1.807, 2.05) is 0 Å². The Morgan fingerprint density at radius 3 is 2.00 bits per heavy atom. The van der Waals surface area contributed by atoms with Gasteiger partial charge in [0.25, 0.3) is 0 Å². The first-order chi connectivity index (χ1) is 9.65. The maximum atomic E-state index is 6.84. The summed E-state index contributed by atoms with van der Waals surface area (Å²) in [6, 6.07) is 0. The van der Waals surface area contributed by atoms with E-state index in [0.717, 1.165) is 11.8 Å². The fourth-order valence-electron chi connectivity index (χ4n) is 4.74. The lowest BCUT2D eigenvalue weighted by molar-refractivity contribution is 0.219. The molecule has 0 saturated heterocycles. The molecule has 0 aromatic carbocycles. The van der Waals surface area contributed by atoms with Gasteiger partial charge in [-0.15, -0.1) is 0 Å². The van der Waals surface area contributed by atoms with E-state index in [1.165, 1.54) is 83.5 Å². The molecule has 0 aromatic heterocycles. The van der Waals surface area contributed by atoms with Crippen molar-refractivity contribution in [3.05, 3.63) is 0 Å². The van der Waals surface area contributed by atoms with Crippen LogP contribution in [0.3, 0.4) is 0 Å². The van der Waals surface area contributed by atoms with Crippen LogP contribution in [0, 0.1) is 17.8 Å². The second kappa shape index (κ2) is 7.90. The highest BCUT2D eigenvalue weighted by Gasteiger charge is 2.32. The third kappa shape index (κ3) is 4.28. The molecule has 2 fully saturated rings. The van der Waals surface area contributed by atoms with Crippen molar-refractivity contribution in [3.63, 3.8) is 0 Å². The molecule has 0 heterocycles. The molecule has 0 aliphatic heterocycles. The van der Waals surface area contributed by atoms with E-state index in [4.69, 9.17) is 7.85 Å². The average Bonchev–Trinajstić information content (AvgIpc) is 2.50. The molecule has 0 nitrogen and oxygen atoms in total. The second-order valence-electron chi connectivity index (χ2n) is 7.84. The van der Waals surface area contributed by atoms with Crippen LogP contribution in [0.1, 0.15) is 97.3 Å². The molecule has 0 N–H and O–H groups in total. The molecule has 4 unspecified atom stereocenters. The van der Waals surface area contributed by atoms with Gasteiger partial charge in [0.05, 0.1) is 7.85 Å². The zero-order valence-corrected chi connectivity index (χ0v) is 14.0. The van der Waals surface area contributed by atoms with E-state index in [1.54, 1.807) is 0 Å². The first-order valence-corrected chi connectivity index (χ1v) is 9.44. The molecule has 114 valence electrons. The van der Waals surface area contributed by atoms with Gasteiger partial charge in [-0.05, 0) is 17.8 Å². The predicted molar refractivity (Wildman–Crippen MR) is 90.3 cm³/mol. The van der Waals surface area contributed by atoms with Crippen molar-refractivity contribution in [2.45, 2.75) is 103 Å². The Morgan fingerprint density at radius 2 is 1.40 bits per heavy atom. The molecule has 0 amide bonds. The third-order valence-corrected chi connectivity index (χ3v) is 6.61. The zero-order valence-electron chi connectivity index (χ0n) is 14.0. The van der Waals surface area contributed by atoms with Crippen molar-refractivity contribution in [3.8, 4) is 0 Å². The highest BCUT2D eigenvalue weighted by Crippen LogP contribution is 2.48. The molecule has 2 saturated carbocycles. The molecule has 2 aliphatic carbocycles. The number of fused-ring (bicyclic) bond motifs is 1. The van der Waals surface area contributed by atoms with Crippen LogP contribution in [0.2, 0.25) is 5.31 Å². The fraction of sp³-hybridized carbons (Fsp3) is 1.00. The van der Waals surface area contributed by atoms with Crippen molar-refractivity contribution in [1.82, 2.24) is 0 Å². The summed E-state index contributed by atoms with van der Waals surface area (Å²) in [6.45, 7) is 4.69. The predicted octanol–water partition coefficient (Wildman–Crippen LogP) is 6.30. The maximum Gasteiger partial charge on any atom is 0.0749 e. The summed E-state index contributed by atoms with van der Waals surface area (Å²) >= 11 is 0. The van der Waals surface area contributed by atoms with Crippen LogP contribution in [0.4, 0.5) is 0 Å². The van der Waals surface area contributed by atoms with E-state index < -0.39 is 0 Å². The summed E-state index contributed by atoms with van der Waals surface area (Å²) in [6.07, 6.45) is 18.4. The Bertz CT molecular complexity index is 275. The smallest absolute Gasteiger partial charge is 0.0651 e. The molecule has 1 heteroatoms. The number of rotatable bonds is 2. The lowest BCUT2D eigenvalue weighted by atomic mass is 9.55. The van der Waals surface area contributed by atoms with E-state index in [0.29, 0.717) is 5.92 Å². The Kier molecular flexibility index (Phi) is 6.49. The highest BCUT2D eigenvalue weighted by molar-refractivity contribution is 6.15. The molecule has 0 spiro atoms. The molecular weight excluding hydrogens is 239 g/mol. The van der Waals surface area contributed by atoms with Crippen LogP contribution in [0.25, 0.3) is 0 Å². The normalized spacial score (nSPS) is 38.5. The van der Waals surface area contributed by atoms with Crippen LogP contribution in [-0.2, 0) is 0 Å². The van der Waals surface area contributed by atoms with Gasteiger partial charge in [-0.3, -0.25) is 0 Å². The summed E-state index contributed by atoms with van der Waals surface area (Å²) in [5.41, 5.74) is 0. The summed E-state index contributed by atoms with van der Waals surface area (Å²) in [7, 11) is 6.84. The number of hydrogen-bond acceptors (Lipinski definition) is 0. The van der Waals surface area contributed by atoms with Gasteiger partial charge in [-0.25, -0.2) is 0 Å². The first kappa shape index (κ1) is 16.4. The van der Waals surface area contributed by atoms with E-state index >= 15 is 0 Å². The maximum absolute atomic E-state index is 6.84. The third-order valence-electron chi connectivity index (χ3n) is 6.61.